The first-order chi connectivity index (χ1) is 5.43. The van der Waals surface area contributed by atoms with E-state index >= 15 is 0 Å². The van der Waals surface area contributed by atoms with E-state index in [1.54, 1.807) is 6.08 Å². The first-order valence-corrected chi connectivity index (χ1v) is 3.87. The summed E-state index contributed by atoms with van der Waals surface area (Å²) >= 11 is 0. The van der Waals surface area contributed by atoms with Crippen LogP contribution < -0.4 is 0 Å². The molecular formula is C8H8F4. The average Bonchev–Trinajstić information content (AvgIpc) is 2.43. The molecule has 0 aromatic heterocycles. The van der Waals surface area contributed by atoms with E-state index in [4.69, 9.17) is 0 Å². The van der Waals surface area contributed by atoms with Gasteiger partial charge in [0, 0.05) is 5.92 Å². The van der Waals surface area contributed by atoms with Crippen LogP contribution in [0, 0.1) is 11.8 Å². The molecule has 0 aromatic carbocycles. The van der Waals surface area contributed by atoms with Crippen LogP contribution >= 0.6 is 0 Å². The van der Waals surface area contributed by atoms with E-state index in [-0.39, 0.29) is 12.3 Å². The number of hydrogen-bond acceptors (Lipinski definition) is 0. The molecule has 0 nitrogen and oxygen atoms in total. The summed E-state index contributed by atoms with van der Waals surface area (Å²) in [6.45, 7) is 0. The predicted octanol–water partition coefficient (Wildman–Crippen LogP) is 2.85. The zero-order chi connectivity index (χ0) is 8.98. The van der Waals surface area contributed by atoms with Crippen LogP contribution in [-0.4, -0.2) is 11.8 Å². The molecule has 4 heteroatoms. The quantitative estimate of drug-likeness (QED) is 0.397. The van der Waals surface area contributed by atoms with Crippen LogP contribution in [0.4, 0.5) is 17.6 Å². The number of halogens is 4. The third kappa shape index (κ3) is 0.836. The third-order valence-corrected chi connectivity index (χ3v) is 2.79. The number of allylic oxidation sites excluding steroid dienone is 2. The van der Waals surface area contributed by atoms with Gasteiger partial charge in [-0.1, -0.05) is 12.2 Å². The lowest BCUT2D eigenvalue weighted by Gasteiger charge is -2.29. The van der Waals surface area contributed by atoms with Crippen LogP contribution in [-0.2, 0) is 0 Å². The minimum atomic E-state index is -4.70. The largest absolute Gasteiger partial charge is 0.423 e. The van der Waals surface area contributed by atoms with E-state index in [1.807, 2.05) is 0 Å². The molecule has 0 spiro atoms. The molecule has 1 fully saturated rings. The molecule has 2 rings (SSSR count). The molecule has 0 N–H and O–H groups in total. The van der Waals surface area contributed by atoms with Gasteiger partial charge in [-0.3, -0.25) is 0 Å². The molecule has 68 valence electrons. The molecule has 2 aliphatic rings. The van der Waals surface area contributed by atoms with Crippen molar-refractivity contribution in [2.75, 3.05) is 0 Å². The molecule has 1 saturated carbocycles. The Bertz CT molecular complexity index is 230. The first-order valence-electron chi connectivity index (χ1n) is 3.87. The summed E-state index contributed by atoms with van der Waals surface area (Å²) in [6.07, 6.45) is -1.69. The summed E-state index contributed by atoms with van der Waals surface area (Å²) < 4.78 is 49.9. The van der Waals surface area contributed by atoms with Crippen molar-refractivity contribution in [2.24, 2.45) is 11.8 Å². The normalized spacial score (nSPS) is 45.7. The first kappa shape index (κ1) is 8.08. The molecule has 0 saturated heterocycles. The highest BCUT2D eigenvalue weighted by Gasteiger charge is 2.65. The molecule has 0 amide bonds. The van der Waals surface area contributed by atoms with E-state index < -0.39 is 17.8 Å². The van der Waals surface area contributed by atoms with Gasteiger partial charge in [-0.05, 0) is 18.8 Å². The maximum atomic E-state index is 13.3. The van der Waals surface area contributed by atoms with Gasteiger partial charge in [0.2, 0.25) is 5.67 Å². The number of alkyl halides is 4. The van der Waals surface area contributed by atoms with Crippen molar-refractivity contribution in [1.29, 1.82) is 0 Å². The molecule has 3 unspecified atom stereocenters. The van der Waals surface area contributed by atoms with E-state index in [0.29, 0.717) is 6.42 Å². The Morgan fingerprint density at radius 3 is 2.17 bits per heavy atom. The maximum absolute atomic E-state index is 13.3. The fourth-order valence-electron chi connectivity index (χ4n) is 2.12. The summed E-state index contributed by atoms with van der Waals surface area (Å²) in [6, 6.07) is 0. The molecule has 3 atom stereocenters. The zero-order valence-corrected chi connectivity index (χ0v) is 6.24. The van der Waals surface area contributed by atoms with Crippen LogP contribution in [0.3, 0.4) is 0 Å². The summed E-state index contributed by atoms with van der Waals surface area (Å²) in [5.41, 5.74) is -2.94. The molecule has 0 aromatic rings. The Morgan fingerprint density at radius 2 is 1.92 bits per heavy atom. The number of hydrogen-bond donors (Lipinski definition) is 0. The van der Waals surface area contributed by atoms with Crippen molar-refractivity contribution in [3.05, 3.63) is 12.2 Å². The minimum Gasteiger partial charge on any atom is -0.233 e. The summed E-state index contributed by atoms with van der Waals surface area (Å²) in [4.78, 5) is 0. The number of fused-ring (bicyclic) bond motifs is 2. The van der Waals surface area contributed by atoms with Crippen LogP contribution in [0.2, 0.25) is 0 Å². The molecule has 0 radical (unpaired) electrons. The molecular weight excluding hydrogens is 172 g/mol. The van der Waals surface area contributed by atoms with Crippen LogP contribution in [0.1, 0.15) is 12.8 Å². The molecule has 0 heterocycles. The van der Waals surface area contributed by atoms with Gasteiger partial charge in [0.25, 0.3) is 0 Å². The number of rotatable bonds is 0. The Kier molecular flexibility index (Phi) is 1.37. The lowest BCUT2D eigenvalue weighted by molar-refractivity contribution is -0.238. The Labute approximate surface area is 67.3 Å². The van der Waals surface area contributed by atoms with Gasteiger partial charge < -0.3 is 0 Å². The fraction of sp³-hybridized carbons (Fsp3) is 0.750. The second-order valence-electron chi connectivity index (χ2n) is 3.55. The Morgan fingerprint density at radius 1 is 1.25 bits per heavy atom. The highest BCUT2D eigenvalue weighted by atomic mass is 19.4. The van der Waals surface area contributed by atoms with E-state index in [2.05, 4.69) is 0 Å². The Balaban J connectivity index is 2.30. The van der Waals surface area contributed by atoms with Crippen molar-refractivity contribution in [3.8, 4) is 0 Å². The van der Waals surface area contributed by atoms with Gasteiger partial charge in [0.1, 0.15) is 0 Å². The van der Waals surface area contributed by atoms with E-state index in [1.165, 1.54) is 6.08 Å². The third-order valence-electron chi connectivity index (χ3n) is 2.79. The Hall–Kier alpha value is -0.540. The SMILES string of the molecule is FC(F)(F)C1(F)CC2C=CC1C2. The second kappa shape index (κ2) is 2.03. The monoisotopic (exact) mass is 180 g/mol. The second-order valence-corrected chi connectivity index (χ2v) is 3.55. The minimum absolute atomic E-state index is 0.193. The van der Waals surface area contributed by atoms with Gasteiger partial charge in [-0.25, -0.2) is 4.39 Å². The van der Waals surface area contributed by atoms with Crippen LogP contribution in [0.25, 0.3) is 0 Å². The van der Waals surface area contributed by atoms with Gasteiger partial charge >= 0.3 is 6.18 Å². The van der Waals surface area contributed by atoms with Gasteiger partial charge in [-0.15, -0.1) is 0 Å². The standard InChI is InChI=1S/C8H8F4/c9-7(8(10,11)12)4-5-1-2-6(7)3-5/h1-2,5-6H,3-4H2. The van der Waals surface area contributed by atoms with Crippen molar-refractivity contribution in [1.82, 2.24) is 0 Å². The van der Waals surface area contributed by atoms with Gasteiger partial charge in [0.05, 0.1) is 0 Å². The summed E-state index contributed by atoms with van der Waals surface area (Å²) in [5, 5.41) is 0. The topological polar surface area (TPSA) is 0 Å². The van der Waals surface area contributed by atoms with Crippen molar-refractivity contribution in [2.45, 2.75) is 24.7 Å². The summed E-state index contributed by atoms with van der Waals surface area (Å²) in [5.74, 6) is -1.12. The summed E-state index contributed by atoms with van der Waals surface area (Å²) in [7, 11) is 0. The lowest BCUT2D eigenvalue weighted by atomic mass is 9.90. The molecule has 2 aliphatic carbocycles. The van der Waals surface area contributed by atoms with Gasteiger partial charge in [-0.2, -0.15) is 13.2 Å². The van der Waals surface area contributed by atoms with Gasteiger partial charge in [0.15, 0.2) is 0 Å². The van der Waals surface area contributed by atoms with Crippen molar-refractivity contribution < 1.29 is 17.6 Å². The highest BCUT2D eigenvalue weighted by Crippen LogP contribution is 2.55. The molecule has 2 bridgehead atoms. The zero-order valence-electron chi connectivity index (χ0n) is 6.24. The van der Waals surface area contributed by atoms with Crippen molar-refractivity contribution >= 4 is 0 Å². The average molecular weight is 180 g/mol. The highest BCUT2D eigenvalue weighted by molar-refractivity contribution is 5.19. The van der Waals surface area contributed by atoms with E-state index in [9.17, 15) is 17.6 Å². The van der Waals surface area contributed by atoms with Crippen LogP contribution in [0.5, 0.6) is 0 Å². The van der Waals surface area contributed by atoms with E-state index in [0.717, 1.165) is 0 Å². The lowest BCUT2D eigenvalue weighted by Crippen LogP contribution is -2.44. The maximum Gasteiger partial charge on any atom is 0.423 e. The van der Waals surface area contributed by atoms with Crippen molar-refractivity contribution in [3.63, 3.8) is 0 Å². The molecule has 12 heavy (non-hydrogen) atoms. The fourth-order valence-corrected chi connectivity index (χ4v) is 2.12. The van der Waals surface area contributed by atoms with Crippen LogP contribution in [0.15, 0.2) is 12.2 Å². The molecule has 0 aliphatic heterocycles. The smallest absolute Gasteiger partial charge is 0.233 e. The predicted molar refractivity (Wildman–Crippen MR) is 35.2 cm³/mol.